The molecule has 0 spiro atoms. The number of aryl methyl sites for hydroxylation is 1. The quantitative estimate of drug-likeness (QED) is 0.663. The lowest BCUT2D eigenvalue weighted by Gasteiger charge is -2.05. The average Bonchev–Trinajstić information content (AvgIpc) is 2.95. The maximum Gasteiger partial charge on any atom is 0.338 e. The molecule has 0 unspecified atom stereocenters. The monoisotopic (exact) mass is 325 g/mol. The maximum atomic E-state index is 12.0. The first-order chi connectivity index (χ1) is 11.5. The lowest BCUT2D eigenvalue weighted by atomic mass is 10.2. The number of hydrogen-bond donors (Lipinski definition) is 2. The van der Waals surface area contributed by atoms with E-state index in [1.165, 1.54) is 18.3 Å². The number of hydrogen-bond acceptors (Lipinski definition) is 6. The second-order valence-electron chi connectivity index (χ2n) is 5.04. The number of aromatic amines is 2. The molecule has 9 nitrogen and oxygen atoms in total. The van der Waals surface area contributed by atoms with Crippen molar-refractivity contribution < 1.29 is 9.53 Å². The molecule has 0 aliphatic rings. The van der Waals surface area contributed by atoms with Gasteiger partial charge in [-0.25, -0.2) is 14.3 Å². The molecule has 120 valence electrons. The number of H-pyrrole nitrogens is 2. The molecule has 0 aromatic carbocycles. The minimum atomic E-state index is -0.708. The summed E-state index contributed by atoms with van der Waals surface area (Å²) in [6, 6.07) is 5.71. The smallest absolute Gasteiger partial charge is 0.338 e. The van der Waals surface area contributed by atoms with E-state index in [1.807, 2.05) is 6.07 Å². The highest BCUT2D eigenvalue weighted by Crippen LogP contribution is 2.07. The molecule has 3 aromatic heterocycles. The van der Waals surface area contributed by atoms with Gasteiger partial charge in [0.1, 0.15) is 18.2 Å². The number of carbonyl (C=O) groups excluding carboxylic acids is 1. The van der Waals surface area contributed by atoms with Gasteiger partial charge in [-0.3, -0.25) is 14.7 Å². The van der Waals surface area contributed by atoms with Crippen LogP contribution in [0.2, 0.25) is 0 Å². The maximum absolute atomic E-state index is 12.0. The number of nitriles is 1. The summed E-state index contributed by atoms with van der Waals surface area (Å²) >= 11 is 0. The Morgan fingerprint density at radius 2 is 2.17 bits per heavy atom. The molecular weight excluding hydrogens is 314 g/mol. The Morgan fingerprint density at radius 3 is 2.88 bits per heavy atom. The Balaban J connectivity index is 1.85. The van der Waals surface area contributed by atoms with E-state index in [2.05, 4.69) is 15.1 Å². The van der Waals surface area contributed by atoms with Gasteiger partial charge in [-0.15, -0.1) is 0 Å². The number of ether oxygens (including phenoxy) is 1. The van der Waals surface area contributed by atoms with Crippen molar-refractivity contribution in [3.05, 3.63) is 67.6 Å². The van der Waals surface area contributed by atoms with Crippen molar-refractivity contribution in [1.82, 2.24) is 19.6 Å². The third kappa shape index (κ3) is 2.80. The van der Waals surface area contributed by atoms with E-state index in [1.54, 1.807) is 6.92 Å². The molecular formula is C15H11N5O4. The van der Waals surface area contributed by atoms with Crippen molar-refractivity contribution in [2.45, 2.75) is 13.5 Å². The van der Waals surface area contributed by atoms with Gasteiger partial charge < -0.3 is 9.72 Å². The van der Waals surface area contributed by atoms with Gasteiger partial charge in [0.15, 0.2) is 5.65 Å². The first-order valence-corrected chi connectivity index (χ1v) is 6.86. The standard InChI is InChI=1S/C15H11N5O4/c1-8-2-9(3-12(21)18-8)15(23)24-7-11-4-13(22)20-14(19-11)10(5-16)6-17-20/h2-4,6,17H,7H2,1H3,(H,18,21). The van der Waals surface area contributed by atoms with E-state index in [4.69, 9.17) is 10.00 Å². The van der Waals surface area contributed by atoms with Crippen LogP contribution in [0.4, 0.5) is 0 Å². The Kier molecular flexibility index (Phi) is 3.71. The number of nitrogens with zero attached hydrogens (tertiary/aromatic N) is 3. The van der Waals surface area contributed by atoms with Gasteiger partial charge in [0.2, 0.25) is 5.56 Å². The Morgan fingerprint density at radius 1 is 1.38 bits per heavy atom. The molecule has 24 heavy (non-hydrogen) atoms. The summed E-state index contributed by atoms with van der Waals surface area (Å²) in [5.41, 5.74) is 0.344. The molecule has 0 fully saturated rings. The molecule has 0 aliphatic carbocycles. The minimum Gasteiger partial charge on any atom is -0.456 e. The van der Waals surface area contributed by atoms with Crippen molar-refractivity contribution >= 4 is 11.6 Å². The second-order valence-corrected chi connectivity index (χ2v) is 5.04. The van der Waals surface area contributed by atoms with Crippen LogP contribution in [0.15, 0.2) is 34.0 Å². The number of esters is 1. The van der Waals surface area contributed by atoms with Crippen LogP contribution in [0.1, 0.15) is 27.3 Å². The molecule has 0 saturated heterocycles. The largest absolute Gasteiger partial charge is 0.456 e. The Bertz CT molecular complexity index is 1100. The zero-order chi connectivity index (χ0) is 17.3. The van der Waals surface area contributed by atoms with Crippen LogP contribution in [-0.2, 0) is 11.3 Å². The topological polar surface area (TPSA) is 133 Å². The van der Waals surface area contributed by atoms with Gasteiger partial charge >= 0.3 is 5.97 Å². The van der Waals surface area contributed by atoms with Gasteiger partial charge in [-0.2, -0.15) is 5.26 Å². The molecule has 0 aliphatic heterocycles. The summed E-state index contributed by atoms with van der Waals surface area (Å²) in [5, 5.41) is 11.6. The van der Waals surface area contributed by atoms with Crippen molar-refractivity contribution in [2.24, 2.45) is 0 Å². The van der Waals surface area contributed by atoms with Crippen molar-refractivity contribution in [3.8, 4) is 6.07 Å². The lowest BCUT2D eigenvalue weighted by molar-refractivity contribution is 0.0467. The lowest BCUT2D eigenvalue weighted by Crippen LogP contribution is -2.17. The third-order valence-electron chi connectivity index (χ3n) is 3.24. The molecule has 3 heterocycles. The highest BCUT2D eigenvalue weighted by Gasteiger charge is 2.12. The normalized spacial score (nSPS) is 10.5. The van der Waals surface area contributed by atoms with Gasteiger partial charge in [-0.05, 0) is 13.0 Å². The number of pyridine rings is 1. The molecule has 0 bridgehead atoms. The van der Waals surface area contributed by atoms with Gasteiger partial charge in [-0.1, -0.05) is 0 Å². The second kappa shape index (κ2) is 5.85. The van der Waals surface area contributed by atoms with Gasteiger partial charge in [0.05, 0.1) is 11.3 Å². The fourth-order valence-corrected chi connectivity index (χ4v) is 2.21. The van der Waals surface area contributed by atoms with E-state index < -0.39 is 17.1 Å². The van der Waals surface area contributed by atoms with Crippen LogP contribution >= 0.6 is 0 Å². The molecule has 2 N–H and O–H groups in total. The Labute approximate surface area is 134 Å². The predicted molar refractivity (Wildman–Crippen MR) is 81.4 cm³/mol. The van der Waals surface area contributed by atoms with Crippen LogP contribution in [0.25, 0.3) is 5.65 Å². The SMILES string of the molecule is Cc1cc(C(=O)OCc2cc(=O)n3[nH]cc(C#N)c3n2)cc(=O)[nH]1. The molecule has 0 atom stereocenters. The highest BCUT2D eigenvalue weighted by atomic mass is 16.5. The third-order valence-corrected chi connectivity index (χ3v) is 3.24. The summed E-state index contributed by atoms with van der Waals surface area (Å²) in [6.45, 7) is 1.39. The van der Waals surface area contributed by atoms with Gasteiger partial charge in [0.25, 0.3) is 5.56 Å². The summed E-state index contributed by atoms with van der Waals surface area (Å²) in [6.07, 6.45) is 1.36. The molecule has 3 rings (SSSR count). The first kappa shape index (κ1) is 15.2. The molecule has 0 amide bonds. The highest BCUT2D eigenvalue weighted by molar-refractivity contribution is 5.89. The zero-order valence-corrected chi connectivity index (χ0v) is 12.5. The molecule has 9 heteroatoms. The molecule has 0 saturated carbocycles. The van der Waals surface area contributed by atoms with Crippen LogP contribution in [-0.4, -0.2) is 25.6 Å². The van der Waals surface area contributed by atoms with E-state index in [0.29, 0.717) is 5.69 Å². The van der Waals surface area contributed by atoms with Crippen LogP contribution in [0.5, 0.6) is 0 Å². The van der Waals surface area contributed by atoms with Crippen LogP contribution < -0.4 is 11.1 Å². The van der Waals surface area contributed by atoms with E-state index in [-0.39, 0.29) is 29.1 Å². The predicted octanol–water partition coefficient (Wildman–Crippen LogP) is 0.248. The van der Waals surface area contributed by atoms with E-state index in [0.717, 1.165) is 10.6 Å². The number of carbonyl (C=O) groups is 1. The number of nitrogens with one attached hydrogen (secondary N) is 2. The van der Waals surface area contributed by atoms with E-state index >= 15 is 0 Å². The van der Waals surface area contributed by atoms with E-state index in [9.17, 15) is 14.4 Å². The van der Waals surface area contributed by atoms with Crippen LogP contribution in [0.3, 0.4) is 0 Å². The summed E-state index contributed by atoms with van der Waals surface area (Å²) in [4.78, 5) is 42.0. The Hall–Kier alpha value is -3.67. The van der Waals surface area contributed by atoms with Crippen molar-refractivity contribution in [1.29, 1.82) is 5.26 Å². The van der Waals surface area contributed by atoms with Gasteiger partial charge in [0, 0.05) is 24.0 Å². The minimum absolute atomic E-state index is 0.105. The van der Waals surface area contributed by atoms with Crippen molar-refractivity contribution in [3.63, 3.8) is 0 Å². The zero-order valence-electron chi connectivity index (χ0n) is 12.5. The number of fused-ring (bicyclic) bond motifs is 1. The molecule has 0 radical (unpaired) electrons. The summed E-state index contributed by atoms with van der Waals surface area (Å²) in [7, 11) is 0. The fraction of sp³-hybridized carbons (Fsp3) is 0.133. The fourth-order valence-electron chi connectivity index (χ4n) is 2.21. The summed E-state index contributed by atoms with van der Waals surface area (Å²) in [5.74, 6) is -0.708. The summed E-state index contributed by atoms with van der Waals surface area (Å²) < 4.78 is 6.20. The molecule has 3 aromatic rings. The number of aromatic nitrogens is 4. The first-order valence-electron chi connectivity index (χ1n) is 6.86. The number of rotatable bonds is 3. The van der Waals surface area contributed by atoms with Crippen molar-refractivity contribution in [2.75, 3.05) is 0 Å². The average molecular weight is 325 g/mol. The van der Waals surface area contributed by atoms with Crippen LogP contribution in [0, 0.1) is 18.3 Å².